The first-order chi connectivity index (χ1) is 17.9. The van der Waals surface area contributed by atoms with E-state index in [0.717, 1.165) is 0 Å². The highest BCUT2D eigenvalue weighted by Gasteiger charge is 2.94. The second kappa shape index (κ2) is 5.82. The van der Waals surface area contributed by atoms with Gasteiger partial charge in [0.15, 0.2) is 28.4 Å². The number of carbonyl (C=O) groups excluding carboxylic acids is 4. The topological polar surface area (TPSA) is 138 Å². The summed E-state index contributed by atoms with van der Waals surface area (Å²) in [5, 5.41) is 12.4. The van der Waals surface area contributed by atoms with Crippen molar-refractivity contribution >= 4 is 23.5 Å². The molecule has 5 bridgehead atoms. The molecule has 6 aliphatic heterocycles. The fourth-order valence-corrected chi connectivity index (χ4v) is 10.9. The van der Waals surface area contributed by atoms with Crippen LogP contribution in [0.15, 0.2) is 12.2 Å². The summed E-state index contributed by atoms with van der Waals surface area (Å²) in [7, 11) is 0. The minimum absolute atomic E-state index is 0.0583. The van der Waals surface area contributed by atoms with Gasteiger partial charge in [-0.25, -0.2) is 4.79 Å². The molecule has 0 aromatic carbocycles. The van der Waals surface area contributed by atoms with E-state index in [1.165, 1.54) is 0 Å². The Hall–Kier alpha value is -2.14. The van der Waals surface area contributed by atoms with Crippen molar-refractivity contribution in [3.63, 3.8) is 0 Å². The predicted molar refractivity (Wildman–Crippen MR) is 122 cm³/mol. The van der Waals surface area contributed by atoms with Crippen LogP contribution in [-0.2, 0) is 42.9 Å². The van der Waals surface area contributed by atoms with E-state index in [1.54, 1.807) is 13.0 Å². The minimum atomic E-state index is -2.19. The quantitative estimate of drug-likeness (QED) is 0.356. The largest absolute Gasteiger partial charge is 0.458 e. The molecule has 9 aliphatic rings. The number of hydrogen-bond donors (Lipinski definition) is 1. The van der Waals surface area contributed by atoms with Gasteiger partial charge >= 0.3 is 11.9 Å². The van der Waals surface area contributed by atoms with Crippen molar-refractivity contribution in [2.24, 2.45) is 34.5 Å². The Labute approximate surface area is 218 Å². The molecule has 0 aromatic heterocycles. The molecular weight excluding hydrogens is 496 g/mol. The lowest BCUT2D eigenvalue weighted by Crippen LogP contribution is -2.79. The van der Waals surface area contributed by atoms with Crippen LogP contribution >= 0.6 is 0 Å². The van der Waals surface area contributed by atoms with Crippen molar-refractivity contribution in [3.05, 3.63) is 12.2 Å². The zero-order valence-electron chi connectivity index (χ0n) is 21.5. The van der Waals surface area contributed by atoms with Crippen LogP contribution in [-0.4, -0.2) is 75.6 Å². The monoisotopic (exact) mass is 526 g/mol. The fraction of sp³-hybridized carbons (Fsp3) is 0.786. The summed E-state index contributed by atoms with van der Waals surface area (Å²) < 4.78 is 31.5. The summed E-state index contributed by atoms with van der Waals surface area (Å²) in [5.74, 6) is -6.56. The third-order valence-corrected chi connectivity index (χ3v) is 12.9. The number of hydrogen-bond acceptors (Lipinski definition) is 10. The van der Waals surface area contributed by atoms with Gasteiger partial charge in [0.05, 0.1) is 30.0 Å². The lowest BCUT2D eigenvalue weighted by Gasteiger charge is -2.63. The smallest absolute Gasteiger partial charge is 0.342 e. The lowest BCUT2D eigenvalue weighted by atomic mass is 9.46. The number of epoxide rings is 1. The number of allylic oxidation sites excluding steroid dienone is 1. The molecule has 0 amide bonds. The first kappa shape index (κ1) is 22.7. The van der Waals surface area contributed by atoms with Crippen molar-refractivity contribution in [1.82, 2.24) is 0 Å². The second-order valence-electron chi connectivity index (χ2n) is 13.8. The van der Waals surface area contributed by atoms with Gasteiger partial charge in [0.25, 0.3) is 0 Å². The highest BCUT2D eigenvalue weighted by atomic mass is 16.8. The third-order valence-electron chi connectivity index (χ3n) is 12.9. The zero-order valence-corrected chi connectivity index (χ0v) is 21.5. The van der Waals surface area contributed by atoms with E-state index < -0.39 is 80.7 Å². The Bertz CT molecular complexity index is 1340. The van der Waals surface area contributed by atoms with Gasteiger partial charge in [-0.1, -0.05) is 13.0 Å². The first-order valence-electron chi connectivity index (χ1n) is 13.8. The molecule has 1 N–H and O–H groups in total. The molecule has 3 aliphatic carbocycles. The van der Waals surface area contributed by atoms with E-state index in [4.69, 9.17) is 23.7 Å². The van der Waals surface area contributed by atoms with E-state index in [9.17, 15) is 24.3 Å². The second-order valence-corrected chi connectivity index (χ2v) is 13.8. The molecule has 6 heterocycles. The van der Waals surface area contributed by atoms with Gasteiger partial charge in [-0.3, -0.25) is 14.4 Å². The molecule has 38 heavy (non-hydrogen) atoms. The normalized spacial score (nSPS) is 64.1. The number of ketones is 2. The summed E-state index contributed by atoms with van der Waals surface area (Å²) in [6.07, 6.45) is 3.82. The maximum Gasteiger partial charge on any atom is 0.342 e. The summed E-state index contributed by atoms with van der Waals surface area (Å²) in [6.45, 7) is 5.27. The molecular formula is C28H30O10. The van der Waals surface area contributed by atoms with Crippen LogP contribution in [0.1, 0.15) is 52.9 Å². The van der Waals surface area contributed by atoms with E-state index >= 15 is 0 Å². The van der Waals surface area contributed by atoms with Crippen LogP contribution in [0.4, 0.5) is 0 Å². The minimum Gasteiger partial charge on any atom is -0.458 e. The standard InChI is InChI=1S/C28H30O10/c1-22-10-17-24(3)28-18(22)19(30)27(38-28,34-11-14(22)20(31)35-17)13-9-16-26(36-16)7-4-5-15(29)23(26,2)12(13)6-8-25(28,33)21(32)37-24/h4-5,12-14,16-18,33H,6-11H2,1-3H3/t12-,13?,14-,16+,17+,18-,22+,23-,24-,25+,26+,27-,28-/m0/s1. The van der Waals surface area contributed by atoms with Crippen LogP contribution in [0, 0.1) is 34.5 Å². The van der Waals surface area contributed by atoms with Gasteiger partial charge in [-0.15, -0.1) is 0 Å². The third kappa shape index (κ3) is 1.79. The summed E-state index contributed by atoms with van der Waals surface area (Å²) in [6, 6.07) is 0. The van der Waals surface area contributed by atoms with Crippen molar-refractivity contribution in [2.45, 2.75) is 93.3 Å². The molecule has 9 rings (SSSR count). The molecule has 13 atom stereocenters. The molecule has 1 unspecified atom stereocenters. The summed E-state index contributed by atoms with van der Waals surface area (Å²) in [4.78, 5) is 55.6. The molecule has 0 radical (unpaired) electrons. The van der Waals surface area contributed by atoms with Crippen molar-refractivity contribution in [2.75, 3.05) is 6.61 Å². The van der Waals surface area contributed by atoms with Gasteiger partial charge in [0.1, 0.15) is 11.7 Å². The fourth-order valence-electron chi connectivity index (χ4n) is 10.9. The van der Waals surface area contributed by atoms with Crippen molar-refractivity contribution < 1.29 is 48.0 Å². The Kier molecular flexibility index (Phi) is 3.47. The molecule has 10 heteroatoms. The number of esters is 2. The number of Topliss-reactive ketones (excluding diaryl/α,β-unsaturated/α-hetero) is 1. The summed E-state index contributed by atoms with van der Waals surface area (Å²) >= 11 is 0. The molecule has 6 saturated heterocycles. The summed E-state index contributed by atoms with van der Waals surface area (Å²) in [5.41, 5.74) is -8.23. The first-order valence-corrected chi connectivity index (χ1v) is 13.8. The number of rotatable bonds is 0. The van der Waals surface area contributed by atoms with Crippen LogP contribution in [0.25, 0.3) is 0 Å². The maximum atomic E-state index is 14.9. The molecule has 8 fully saturated rings. The van der Waals surface area contributed by atoms with Crippen LogP contribution in [0.2, 0.25) is 0 Å². The molecule has 202 valence electrons. The molecule has 10 nitrogen and oxygen atoms in total. The zero-order chi connectivity index (χ0) is 26.5. The van der Waals surface area contributed by atoms with E-state index in [1.807, 2.05) is 19.9 Å². The van der Waals surface area contributed by atoms with Gasteiger partial charge in [0.2, 0.25) is 5.79 Å². The van der Waals surface area contributed by atoms with E-state index in [2.05, 4.69) is 0 Å². The number of aliphatic hydroxyl groups is 1. The lowest BCUT2D eigenvalue weighted by molar-refractivity contribution is -0.375. The molecule has 0 aromatic rings. The predicted octanol–water partition coefficient (Wildman–Crippen LogP) is 0.768. The van der Waals surface area contributed by atoms with E-state index in [-0.39, 0.29) is 43.5 Å². The van der Waals surface area contributed by atoms with Gasteiger partial charge in [0, 0.05) is 5.92 Å². The van der Waals surface area contributed by atoms with E-state index in [0.29, 0.717) is 12.8 Å². The number of carbonyl (C=O) groups is 4. The van der Waals surface area contributed by atoms with Gasteiger partial charge in [-0.05, 0) is 63.4 Å². The number of fused-ring (bicyclic) bond motifs is 4. The Morgan fingerprint density at radius 3 is 2.63 bits per heavy atom. The highest BCUT2D eigenvalue weighted by Crippen LogP contribution is 2.77. The van der Waals surface area contributed by atoms with Crippen LogP contribution in [0.3, 0.4) is 0 Å². The van der Waals surface area contributed by atoms with Gasteiger partial charge < -0.3 is 28.8 Å². The average molecular weight is 527 g/mol. The van der Waals surface area contributed by atoms with Crippen molar-refractivity contribution in [1.29, 1.82) is 0 Å². The number of ether oxygens (including phenoxy) is 5. The highest BCUT2D eigenvalue weighted by molar-refractivity contribution is 6.00. The SMILES string of the molecule is C[C@@]12C[C@H]3OC(=O)[C@@H]1CO[C@@]14O[C@]5([C@H]2C1=O)[C@@](O)(CC[C@H]1C4C[C@H]2O[C@]24CC=CC(=O)[C@]14C)C(=O)O[C@@]35C. The van der Waals surface area contributed by atoms with Crippen molar-refractivity contribution in [3.8, 4) is 0 Å². The average Bonchev–Trinajstić information content (AvgIpc) is 3.45. The Morgan fingerprint density at radius 1 is 1.05 bits per heavy atom. The molecule has 3 spiro atoms. The Balaban J connectivity index is 1.34. The van der Waals surface area contributed by atoms with Crippen LogP contribution < -0.4 is 0 Å². The van der Waals surface area contributed by atoms with Gasteiger partial charge in [-0.2, -0.15) is 0 Å². The van der Waals surface area contributed by atoms with Crippen LogP contribution in [0.5, 0.6) is 0 Å². The Morgan fingerprint density at radius 2 is 1.84 bits per heavy atom. The maximum absolute atomic E-state index is 14.9. The molecule has 2 saturated carbocycles.